The summed E-state index contributed by atoms with van der Waals surface area (Å²) in [5.74, 6) is 0.949. The molecule has 0 aliphatic heterocycles. The van der Waals surface area contributed by atoms with E-state index < -0.39 is 0 Å². The van der Waals surface area contributed by atoms with Gasteiger partial charge in [-0.15, -0.1) is 0 Å². The molecule has 0 saturated heterocycles. The molecule has 0 radical (unpaired) electrons. The second-order valence-electron chi connectivity index (χ2n) is 12.7. The maximum absolute atomic E-state index is 10.0. The van der Waals surface area contributed by atoms with Gasteiger partial charge in [0.1, 0.15) is 5.58 Å². The van der Waals surface area contributed by atoms with Crippen molar-refractivity contribution in [2.75, 3.05) is 0 Å². The quantitative estimate of drug-likeness (QED) is 0.196. The fourth-order valence-corrected chi connectivity index (χ4v) is 7.98. The molecule has 1 aliphatic carbocycles. The molecule has 0 unspecified atom stereocenters. The summed E-state index contributed by atoms with van der Waals surface area (Å²) in [5, 5.41) is 24.2. The molecule has 0 fully saturated rings. The molecule has 49 heavy (non-hydrogen) atoms. The van der Waals surface area contributed by atoms with Crippen molar-refractivity contribution in [3.8, 4) is 46.1 Å². The Morgan fingerprint density at radius 3 is 2.06 bits per heavy atom. The lowest BCUT2D eigenvalue weighted by Crippen LogP contribution is -2.04. The maximum Gasteiger partial charge on any atom is 0.155 e. The van der Waals surface area contributed by atoms with E-state index in [1.165, 1.54) is 21.9 Å². The smallest absolute Gasteiger partial charge is 0.155 e. The summed E-state index contributed by atoms with van der Waals surface area (Å²) >= 11 is 0. The molecule has 0 N–H and O–H groups in total. The Morgan fingerprint density at radius 1 is 0.531 bits per heavy atom. The summed E-state index contributed by atoms with van der Waals surface area (Å²) < 4.78 is 11.2. The van der Waals surface area contributed by atoms with Crippen LogP contribution < -0.4 is 0 Å². The summed E-state index contributed by atoms with van der Waals surface area (Å²) in [6, 6.07) is 50.3. The van der Waals surface area contributed by atoms with Crippen LogP contribution in [-0.4, -0.2) is 9.13 Å². The molecule has 0 saturated carbocycles. The molecule has 5 heteroatoms. The first-order chi connectivity index (χ1) is 24.2. The van der Waals surface area contributed by atoms with E-state index in [-0.39, 0.29) is 0 Å². The number of aryl methyl sites for hydroxylation is 2. The van der Waals surface area contributed by atoms with E-state index >= 15 is 0 Å². The van der Waals surface area contributed by atoms with Gasteiger partial charge in [-0.05, 0) is 90.7 Å². The number of nitrogens with zero attached hydrogens (tertiary/aromatic N) is 4. The molecular weight excluding hydrogens is 601 g/mol. The second-order valence-corrected chi connectivity index (χ2v) is 12.7. The van der Waals surface area contributed by atoms with Crippen LogP contribution in [0, 0.1) is 22.7 Å². The zero-order valence-corrected chi connectivity index (χ0v) is 26.3. The highest BCUT2D eigenvalue weighted by molar-refractivity contribution is 6.10. The lowest BCUT2D eigenvalue weighted by atomic mass is 9.91. The fraction of sp³-hybridized carbons (Fsp3) is 0.0455. The van der Waals surface area contributed by atoms with Crippen LogP contribution in [-0.2, 0) is 12.8 Å². The third kappa shape index (κ3) is 3.91. The number of rotatable bonds is 3. The molecule has 228 valence electrons. The monoisotopic (exact) mass is 626 g/mol. The van der Waals surface area contributed by atoms with E-state index in [0.29, 0.717) is 11.1 Å². The molecular formula is C44H26N4O. The number of benzene rings is 6. The Balaban J connectivity index is 1.26. The van der Waals surface area contributed by atoms with Gasteiger partial charge in [-0.3, -0.25) is 0 Å². The van der Waals surface area contributed by atoms with Gasteiger partial charge in [-0.25, -0.2) is 0 Å². The van der Waals surface area contributed by atoms with Gasteiger partial charge in [0.25, 0.3) is 0 Å². The summed E-state index contributed by atoms with van der Waals surface area (Å²) in [4.78, 5) is 0. The van der Waals surface area contributed by atoms with Gasteiger partial charge in [-0.2, -0.15) is 10.5 Å². The Morgan fingerprint density at radius 2 is 1.20 bits per heavy atom. The highest BCUT2D eigenvalue weighted by Gasteiger charge is 2.30. The highest BCUT2D eigenvalue weighted by Crippen LogP contribution is 2.47. The molecule has 3 aromatic heterocycles. The fourth-order valence-electron chi connectivity index (χ4n) is 7.98. The van der Waals surface area contributed by atoms with Gasteiger partial charge in [0.15, 0.2) is 5.76 Å². The largest absolute Gasteiger partial charge is 0.454 e. The van der Waals surface area contributed by atoms with Crippen molar-refractivity contribution in [3.63, 3.8) is 0 Å². The number of fused-ring (bicyclic) bond motifs is 10. The van der Waals surface area contributed by atoms with E-state index in [1.807, 2.05) is 48.5 Å². The van der Waals surface area contributed by atoms with E-state index in [0.717, 1.165) is 79.7 Å². The molecule has 5 nitrogen and oxygen atoms in total. The van der Waals surface area contributed by atoms with Crippen LogP contribution in [0.3, 0.4) is 0 Å². The molecule has 6 aromatic carbocycles. The summed E-state index contributed by atoms with van der Waals surface area (Å²) in [7, 11) is 0. The zero-order valence-electron chi connectivity index (χ0n) is 26.3. The third-order valence-corrected chi connectivity index (χ3v) is 10.1. The Hall–Kier alpha value is -6.82. The van der Waals surface area contributed by atoms with E-state index in [4.69, 9.17) is 4.42 Å². The first kappa shape index (κ1) is 27.3. The van der Waals surface area contributed by atoms with Crippen LogP contribution in [0.2, 0.25) is 0 Å². The molecule has 0 atom stereocenters. The van der Waals surface area contributed by atoms with E-state index in [2.05, 4.69) is 106 Å². The lowest BCUT2D eigenvalue weighted by molar-refractivity contribution is 0.616. The number of aromatic nitrogens is 2. The Bertz CT molecular complexity index is 2910. The predicted octanol–water partition coefficient (Wildman–Crippen LogP) is 10.6. The minimum absolute atomic E-state index is 0.587. The van der Waals surface area contributed by atoms with E-state index in [9.17, 15) is 10.5 Å². The molecule has 0 amide bonds. The van der Waals surface area contributed by atoms with Crippen LogP contribution in [0.4, 0.5) is 0 Å². The van der Waals surface area contributed by atoms with Crippen LogP contribution >= 0.6 is 0 Å². The molecule has 0 spiro atoms. The van der Waals surface area contributed by atoms with Gasteiger partial charge >= 0.3 is 0 Å². The third-order valence-electron chi connectivity index (χ3n) is 10.1. The van der Waals surface area contributed by atoms with Gasteiger partial charge in [0.05, 0.1) is 51.2 Å². The minimum Gasteiger partial charge on any atom is -0.454 e. The zero-order chi connectivity index (χ0) is 32.6. The van der Waals surface area contributed by atoms with E-state index in [1.54, 1.807) is 0 Å². The lowest BCUT2D eigenvalue weighted by Gasteiger charge is -2.16. The van der Waals surface area contributed by atoms with Crippen molar-refractivity contribution in [2.45, 2.75) is 12.8 Å². The van der Waals surface area contributed by atoms with Crippen LogP contribution in [0.25, 0.3) is 77.6 Å². The number of furan rings is 1. The topological polar surface area (TPSA) is 70.6 Å². The normalized spacial score (nSPS) is 12.3. The van der Waals surface area contributed by atoms with Gasteiger partial charge in [-0.1, -0.05) is 66.7 Å². The Kier molecular flexibility index (Phi) is 5.76. The Labute approximate surface area is 281 Å². The molecule has 0 bridgehead atoms. The first-order valence-corrected chi connectivity index (χ1v) is 16.4. The van der Waals surface area contributed by atoms with Crippen molar-refractivity contribution >= 4 is 43.7 Å². The van der Waals surface area contributed by atoms with Crippen molar-refractivity contribution < 1.29 is 4.42 Å². The second kappa shape index (κ2) is 10.3. The van der Waals surface area contributed by atoms with Crippen molar-refractivity contribution in [1.29, 1.82) is 10.5 Å². The van der Waals surface area contributed by atoms with Crippen molar-refractivity contribution in [3.05, 3.63) is 156 Å². The molecule has 1 aliphatic rings. The summed E-state index contributed by atoms with van der Waals surface area (Å²) in [6.07, 6.45) is 1.81. The summed E-state index contributed by atoms with van der Waals surface area (Å²) in [5.41, 5.74) is 13.0. The molecule has 3 heterocycles. The average molecular weight is 627 g/mol. The minimum atomic E-state index is 0.587. The maximum atomic E-state index is 10.0. The van der Waals surface area contributed by atoms with Crippen molar-refractivity contribution in [2.24, 2.45) is 0 Å². The number of hydrogen-bond donors (Lipinski definition) is 0. The van der Waals surface area contributed by atoms with Gasteiger partial charge in [0.2, 0.25) is 0 Å². The van der Waals surface area contributed by atoms with Crippen LogP contribution in [0.1, 0.15) is 22.3 Å². The van der Waals surface area contributed by atoms with Crippen LogP contribution in [0.5, 0.6) is 0 Å². The summed E-state index contributed by atoms with van der Waals surface area (Å²) in [6.45, 7) is 0. The van der Waals surface area contributed by atoms with Gasteiger partial charge < -0.3 is 13.6 Å². The standard InChI is InChI=1S/C44H26N4O/c45-25-27-15-20-40-36(22-27)32-10-4-6-12-38(32)48(40)41-23-28(26-46)14-17-31(41)29-16-21-39-37(24-29)34-18-19-35-33-11-5-7-13-42(33)49-44(35)43(34)47(39)30-8-2-1-3-9-30/h1-17,20-24H,18-19H2. The predicted molar refractivity (Wildman–Crippen MR) is 195 cm³/mol. The highest BCUT2D eigenvalue weighted by atomic mass is 16.3. The van der Waals surface area contributed by atoms with Crippen LogP contribution in [0.15, 0.2) is 138 Å². The number of nitriles is 2. The number of hydrogen-bond acceptors (Lipinski definition) is 3. The molecule has 9 aromatic rings. The van der Waals surface area contributed by atoms with Gasteiger partial charge in [0, 0.05) is 38.4 Å². The number of para-hydroxylation sites is 3. The SMILES string of the molecule is N#Cc1ccc(-c2ccc3c(c2)c2c(n3-c3ccccc3)-c3oc4ccccc4c3CC2)c(-n2c3ccccc3c3cc(C#N)ccc32)c1. The molecule has 10 rings (SSSR count). The first-order valence-electron chi connectivity index (χ1n) is 16.4. The van der Waals surface area contributed by atoms with Crippen molar-refractivity contribution in [1.82, 2.24) is 9.13 Å². The average Bonchev–Trinajstić information content (AvgIpc) is 3.82.